The Balaban J connectivity index is 2.17. The van der Waals surface area contributed by atoms with Gasteiger partial charge in [0.25, 0.3) is 0 Å². The molecule has 1 unspecified atom stereocenters. The number of nitrogens with one attached hydrogen (secondary N) is 2. The van der Waals surface area contributed by atoms with Crippen LogP contribution in [0.25, 0.3) is 0 Å². The van der Waals surface area contributed by atoms with Crippen molar-refractivity contribution in [3.63, 3.8) is 0 Å². The number of ether oxygens (including phenoxy) is 3. The topological polar surface area (TPSA) is 102 Å². The lowest BCUT2D eigenvalue weighted by molar-refractivity contribution is 0.0616. The number of benzene rings is 1. The van der Waals surface area contributed by atoms with E-state index in [1.165, 1.54) is 0 Å². The van der Waals surface area contributed by atoms with Crippen LogP contribution in [0.3, 0.4) is 0 Å². The number of hydrogen-bond acceptors (Lipinski definition) is 6. The van der Waals surface area contributed by atoms with Gasteiger partial charge in [-0.25, -0.2) is 4.99 Å². The molecule has 0 saturated heterocycles. The van der Waals surface area contributed by atoms with Crippen LogP contribution in [0, 0.1) is 0 Å². The minimum absolute atomic E-state index is 0.271. The summed E-state index contributed by atoms with van der Waals surface area (Å²) in [5.74, 6) is 2.28. The molecule has 0 bridgehead atoms. The third-order valence-electron chi connectivity index (χ3n) is 4.46. The van der Waals surface area contributed by atoms with E-state index in [-0.39, 0.29) is 6.54 Å². The Morgan fingerprint density at radius 1 is 1.17 bits per heavy atom. The first-order valence-corrected chi connectivity index (χ1v) is 9.37. The average molecular weight is 405 g/mol. The molecule has 9 heteroatoms. The second kappa shape index (κ2) is 10.0. The van der Waals surface area contributed by atoms with Crippen molar-refractivity contribution in [3.8, 4) is 17.2 Å². The van der Waals surface area contributed by atoms with Gasteiger partial charge in [-0.2, -0.15) is 5.10 Å². The van der Waals surface area contributed by atoms with Crippen molar-refractivity contribution in [2.24, 2.45) is 12.0 Å². The maximum Gasteiger partial charge on any atom is 0.203 e. The Kier molecular flexibility index (Phi) is 7.72. The van der Waals surface area contributed by atoms with Crippen LogP contribution in [0.2, 0.25) is 0 Å². The second-order valence-corrected chi connectivity index (χ2v) is 6.72. The van der Waals surface area contributed by atoms with Gasteiger partial charge < -0.3 is 30.0 Å². The summed E-state index contributed by atoms with van der Waals surface area (Å²) in [7, 11) is 6.55. The molecule has 1 atom stereocenters. The first-order valence-electron chi connectivity index (χ1n) is 9.37. The third-order valence-corrected chi connectivity index (χ3v) is 4.46. The summed E-state index contributed by atoms with van der Waals surface area (Å²) >= 11 is 0. The van der Waals surface area contributed by atoms with Gasteiger partial charge in [0.05, 0.1) is 40.6 Å². The van der Waals surface area contributed by atoms with Gasteiger partial charge in [0.1, 0.15) is 5.60 Å². The van der Waals surface area contributed by atoms with E-state index in [4.69, 9.17) is 14.2 Å². The summed E-state index contributed by atoms with van der Waals surface area (Å²) in [5, 5.41) is 21.2. The van der Waals surface area contributed by atoms with E-state index in [0.29, 0.717) is 36.3 Å². The molecule has 0 aliphatic carbocycles. The predicted molar refractivity (Wildman–Crippen MR) is 112 cm³/mol. The molecule has 0 fully saturated rings. The quantitative estimate of drug-likeness (QED) is 0.428. The van der Waals surface area contributed by atoms with Crippen LogP contribution < -0.4 is 24.8 Å². The summed E-state index contributed by atoms with van der Waals surface area (Å²) in [5.41, 5.74) is 0.483. The molecule has 9 nitrogen and oxygen atoms in total. The van der Waals surface area contributed by atoms with Gasteiger partial charge in [0.2, 0.25) is 5.75 Å². The maximum absolute atomic E-state index is 10.8. The number of guanidine groups is 1. The lowest BCUT2D eigenvalue weighted by Crippen LogP contribution is -2.44. The Bertz CT molecular complexity index is 832. The van der Waals surface area contributed by atoms with Crippen molar-refractivity contribution < 1.29 is 19.3 Å². The third kappa shape index (κ3) is 5.54. The van der Waals surface area contributed by atoms with Crippen LogP contribution in [-0.2, 0) is 19.2 Å². The van der Waals surface area contributed by atoms with Gasteiger partial charge in [-0.05, 0) is 26.0 Å². The number of aryl methyl sites for hydroxylation is 1. The zero-order chi connectivity index (χ0) is 21.4. The molecule has 1 heterocycles. The summed E-state index contributed by atoms with van der Waals surface area (Å²) in [6, 6.07) is 3.71. The Hall–Kier alpha value is -2.94. The first-order chi connectivity index (χ1) is 13.9. The summed E-state index contributed by atoms with van der Waals surface area (Å²) < 4.78 is 17.9. The zero-order valence-corrected chi connectivity index (χ0v) is 17.9. The van der Waals surface area contributed by atoms with Crippen LogP contribution in [0.4, 0.5) is 0 Å². The van der Waals surface area contributed by atoms with Crippen LogP contribution >= 0.6 is 0 Å². The molecule has 1 aromatic carbocycles. The predicted octanol–water partition coefficient (Wildman–Crippen LogP) is 1.41. The zero-order valence-electron chi connectivity index (χ0n) is 17.9. The highest BCUT2D eigenvalue weighted by molar-refractivity contribution is 5.80. The second-order valence-electron chi connectivity index (χ2n) is 6.72. The van der Waals surface area contributed by atoms with E-state index in [1.807, 2.05) is 26.1 Å². The van der Waals surface area contributed by atoms with Gasteiger partial charge in [0.15, 0.2) is 17.5 Å². The summed E-state index contributed by atoms with van der Waals surface area (Å²) in [6.45, 7) is 5.02. The van der Waals surface area contributed by atoms with Crippen LogP contribution in [0.1, 0.15) is 25.0 Å². The molecule has 1 aromatic heterocycles. The van der Waals surface area contributed by atoms with Gasteiger partial charge >= 0.3 is 0 Å². The molecule has 0 saturated carbocycles. The van der Waals surface area contributed by atoms with E-state index in [2.05, 4.69) is 20.7 Å². The summed E-state index contributed by atoms with van der Waals surface area (Å²) in [4.78, 5) is 4.61. The van der Waals surface area contributed by atoms with Crippen molar-refractivity contribution in [3.05, 3.63) is 35.7 Å². The standard InChI is InChI=1S/C20H31N5O4/c1-7-21-19(23-13-20(2,26)15-11-24-25(3)12-15)22-10-14-8-9-16(27-4)18(29-6)17(14)28-5/h8-9,11-12,26H,7,10,13H2,1-6H3,(H2,21,22,23). The number of hydrogen-bond donors (Lipinski definition) is 3. The van der Waals surface area contributed by atoms with Crippen molar-refractivity contribution in [1.29, 1.82) is 0 Å². The molecule has 0 aliphatic heterocycles. The van der Waals surface area contributed by atoms with Crippen LogP contribution in [0.15, 0.2) is 29.5 Å². The van der Waals surface area contributed by atoms with E-state index >= 15 is 0 Å². The van der Waals surface area contributed by atoms with Crippen LogP contribution in [-0.4, -0.2) is 55.3 Å². The van der Waals surface area contributed by atoms with Crippen LogP contribution in [0.5, 0.6) is 17.2 Å². The molecule has 160 valence electrons. The highest BCUT2D eigenvalue weighted by Crippen LogP contribution is 2.39. The molecule has 0 aliphatic rings. The number of aliphatic hydroxyl groups is 1. The molecule has 2 rings (SSSR count). The number of methoxy groups -OCH3 is 3. The molecular weight excluding hydrogens is 374 g/mol. The Labute approximate surface area is 171 Å². The van der Waals surface area contributed by atoms with E-state index in [1.54, 1.807) is 45.3 Å². The van der Waals surface area contributed by atoms with Crippen molar-refractivity contribution in [1.82, 2.24) is 20.4 Å². The van der Waals surface area contributed by atoms with Crippen molar-refractivity contribution >= 4 is 5.96 Å². The van der Waals surface area contributed by atoms with Gasteiger partial charge in [-0.1, -0.05) is 0 Å². The average Bonchev–Trinajstić information content (AvgIpc) is 3.16. The number of rotatable bonds is 9. The fourth-order valence-electron chi connectivity index (χ4n) is 2.85. The van der Waals surface area contributed by atoms with E-state index in [0.717, 1.165) is 11.1 Å². The fraction of sp³-hybridized carbons (Fsp3) is 0.500. The highest BCUT2D eigenvalue weighted by Gasteiger charge is 2.25. The minimum Gasteiger partial charge on any atom is -0.493 e. The maximum atomic E-state index is 10.8. The molecule has 0 amide bonds. The molecule has 2 aromatic rings. The molecule has 0 spiro atoms. The number of aliphatic imine (C=N–C) groups is 1. The van der Waals surface area contributed by atoms with Crippen molar-refractivity contribution in [2.45, 2.75) is 26.0 Å². The van der Waals surface area contributed by atoms with E-state index < -0.39 is 5.60 Å². The molecule has 29 heavy (non-hydrogen) atoms. The minimum atomic E-state index is -1.09. The number of aromatic nitrogens is 2. The molecule has 3 N–H and O–H groups in total. The van der Waals surface area contributed by atoms with Gasteiger partial charge in [-0.3, -0.25) is 4.68 Å². The van der Waals surface area contributed by atoms with E-state index in [9.17, 15) is 5.11 Å². The number of nitrogens with zero attached hydrogens (tertiary/aromatic N) is 3. The Morgan fingerprint density at radius 2 is 1.90 bits per heavy atom. The molecule has 0 radical (unpaired) electrons. The lowest BCUT2D eigenvalue weighted by Gasteiger charge is -2.23. The van der Waals surface area contributed by atoms with Gasteiger partial charge in [0, 0.05) is 30.9 Å². The molecular formula is C20H31N5O4. The monoisotopic (exact) mass is 405 g/mol. The Morgan fingerprint density at radius 3 is 2.45 bits per heavy atom. The largest absolute Gasteiger partial charge is 0.493 e. The fourth-order valence-corrected chi connectivity index (χ4v) is 2.85. The highest BCUT2D eigenvalue weighted by atomic mass is 16.5. The van der Waals surface area contributed by atoms with Gasteiger partial charge in [-0.15, -0.1) is 0 Å². The SMILES string of the molecule is CCNC(=NCc1ccc(OC)c(OC)c1OC)NCC(C)(O)c1cnn(C)c1. The normalized spacial score (nSPS) is 13.6. The lowest BCUT2D eigenvalue weighted by atomic mass is 10.00. The first kappa shape index (κ1) is 22.4. The summed E-state index contributed by atoms with van der Waals surface area (Å²) in [6.07, 6.45) is 3.44. The van der Waals surface area contributed by atoms with Crippen molar-refractivity contribution in [2.75, 3.05) is 34.4 Å². The smallest absolute Gasteiger partial charge is 0.203 e.